The van der Waals surface area contributed by atoms with Crippen molar-refractivity contribution in [3.8, 4) is 0 Å². The van der Waals surface area contributed by atoms with Crippen LogP contribution in [-0.4, -0.2) is 32.1 Å². The van der Waals surface area contributed by atoms with Gasteiger partial charge in [0.25, 0.3) is 0 Å². The predicted molar refractivity (Wildman–Crippen MR) is 58.7 cm³/mol. The highest BCUT2D eigenvalue weighted by atomic mass is 16.4. The fraction of sp³-hybridized carbons (Fsp3) is 0.700. The number of nitrogens with zero attached hydrogens (tertiary/aromatic N) is 3. The average Bonchev–Trinajstić information content (AvgIpc) is 2.57. The number of hydrogen-bond acceptors (Lipinski definition) is 4. The molecule has 6 nitrogen and oxygen atoms in total. The Hall–Kier alpha value is -1.43. The minimum Gasteiger partial charge on any atom is -0.480 e. The topological polar surface area (TPSA) is 80.0 Å². The third-order valence-corrected chi connectivity index (χ3v) is 2.34. The molecule has 0 aromatic carbocycles. The summed E-state index contributed by atoms with van der Waals surface area (Å²) in [5, 5.41) is 19.5. The Labute approximate surface area is 94.7 Å². The lowest BCUT2D eigenvalue weighted by Crippen LogP contribution is -2.37. The number of carboxylic acids is 1. The maximum Gasteiger partial charge on any atom is 0.320 e. The normalized spacial score (nSPS) is 13.0. The molecule has 90 valence electrons. The molecule has 0 saturated carbocycles. The summed E-state index contributed by atoms with van der Waals surface area (Å²) in [7, 11) is 1.78. The van der Waals surface area contributed by atoms with Crippen molar-refractivity contribution in [2.75, 3.05) is 0 Å². The molecule has 1 aromatic heterocycles. The zero-order valence-corrected chi connectivity index (χ0v) is 9.84. The van der Waals surface area contributed by atoms with Crippen molar-refractivity contribution in [2.45, 2.75) is 32.9 Å². The summed E-state index contributed by atoms with van der Waals surface area (Å²) in [6.45, 7) is 4.47. The lowest BCUT2D eigenvalue weighted by atomic mass is 10.0. The van der Waals surface area contributed by atoms with Gasteiger partial charge in [0.15, 0.2) is 0 Å². The number of carbonyl (C=O) groups is 1. The number of hydrogen-bond donors (Lipinski definition) is 2. The van der Waals surface area contributed by atoms with Crippen LogP contribution >= 0.6 is 0 Å². The maximum atomic E-state index is 11.0. The Morgan fingerprint density at radius 2 is 2.31 bits per heavy atom. The Balaban J connectivity index is 2.50. The van der Waals surface area contributed by atoms with Crippen molar-refractivity contribution in [3.05, 3.63) is 11.9 Å². The number of aliphatic carboxylic acids is 1. The second-order valence-corrected chi connectivity index (χ2v) is 4.25. The number of nitrogens with one attached hydrogen (secondary N) is 1. The summed E-state index contributed by atoms with van der Waals surface area (Å²) in [5.41, 5.74) is 0.870. The first-order valence-electron chi connectivity index (χ1n) is 5.30. The van der Waals surface area contributed by atoms with Gasteiger partial charge in [0.2, 0.25) is 0 Å². The first kappa shape index (κ1) is 12.6. The molecule has 1 heterocycles. The van der Waals surface area contributed by atoms with Crippen LogP contribution in [0.3, 0.4) is 0 Å². The van der Waals surface area contributed by atoms with Crippen molar-refractivity contribution in [1.29, 1.82) is 0 Å². The van der Waals surface area contributed by atoms with Gasteiger partial charge in [-0.05, 0) is 12.3 Å². The van der Waals surface area contributed by atoms with Crippen LogP contribution in [0.4, 0.5) is 0 Å². The molecule has 16 heavy (non-hydrogen) atoms. The van der Waals surface area contributed by atoms with Crippen LogP contribution in [0.1, 0.15) is 26.0 Å². The third-order valence-electron chi connectivity index (χ3n) is 2.34. The maximum absolute atomic E-state index is 11.0. The van der Waals surface area contributed by atoms with Crippen LogP contribution in [0.2, 0.25) is 0 Å². The second kappa shape index (κ2) is 5.60. The van der Waals surface area contributed by atoms with Gasteiger partial charge < -0.3 is 5.11 Å². The molecule has 0 aliphatic heterocycles. The molecule has 2 N–H and O–H groups in total. The highest BCUT2D eigenvalue weighted by molar-refractivity contribution is 5.73. The summed E-state index contributed by atoms with van der Waals surface area (Å²) in [6, 6.07) is -0.519. The van der Waals surface area contributed by atoms with Crippen LogP contribution < -0.4 is 5.32 Å². The van der Waals surface area contributed by atoms with E-state index in [1.54, 1.807) is 17.9 Å². The Morgan fingerprint density at radius 3 is 2.75 bits per heavy atom. The van der Waals surface area contributed by atoms with E-state index in [-0.39, 0.29) is 0 Å². The van der Waals surface area contributed by atoms with E-state index in [0.29, 0.717) is 18.9 Å². The molecule has 0 radical (unpaired) electrons. The van der Waals surface area contributed by atoms with Crippen LogP contribution in [0.25, 0.3) is 0 Å². The number of aromatic nitrogens is 3. The molecule has 0 aliphatic rings. The predicted octanol–water partition coefficient (Wildman–Crippen LogP) is 0.404. The van der Waals surface area contributed by atoms with Crippen molar-refractivity contribution in [1.82, 2.24) is 20.3 Å². The smallest absolute Gasteiger partial charge is 0.320 e. The van der Waals surface area contributed by atoms with Crippen molar-refractivity contribution >= 4 is 5.97 Å². The summed E-state index contributed by atoms with van der Waals surface area (Å²) in [4.78, 5) is 11.0. The number of aryl methyl sites for hydroxylation is 1. The lowest BCUT2D eigenvalue weighted by molar-refractivity contribution is -0.140. The fourth-order valence-corrected chi connectivity index (χ4v) is 1.44. The molecule has 1 rings (SSSR count). The molecule has 0 aliphatic carbocycles. The second-order valence-electron chi connectivity index (χ2n) is 4.25. The number of carboxylic acid groups (broad SMARTS) is 1. The van der Waals surface area contributed by atoms with Crippen LogP contribution in [0, 0.1) is 5.92 Å². The molecule has 1 atom stereocenters. The van der Waals surface area contributed by atoms with E-state index in [2.05, 4.69) is 15.6 Å². The zero-order chi connectivity index (χ0) is 12.1. The zero-order valence-electron chi connectivity index (χ0n) is 9.84. The Kier molecular flexibility index (Phi) is 4.42. The fourth-order valence-electron chi connectivity index (χ4n) is 1.44. The minimum atomic E-state index is -0.816. The molecular weight excluding hydrogens is 208 g/mol. The summed E-state index contributed by atoms with van der Waals surface area (Å²) in [5.74, 6) is -0.470. The van der Waals surface area contributed by atoms with Crippen molar-refractivity contribution < 1.29 is 9.90 Å². The van der Waals surface area contributed by atoms with Gasteiger partial charge in [-0.2, -0.15) is 0 Å². The van der Waals surface area contributed by atoms with E-state index in [9.17, 15) is 4.79 Å². The van der Waals surface area contributed by atoms with Gasteiger partial charge in [-0.15, -0.1) is 5.10 Å². The molecule has 0 amide bonds. The van der Waals surface area contributed by atoms with E-state index in [4.69, 9.17) is 5.11 Å². The molecule has 1 aromatic rings. The Bertz CT molecular complexity index is 348. The molecule has 0 saturated heterocycles. The average molecular weight is 226 g/mol. The molecule has 0 bridgehead atoms. The minimum absolute atomic E-state index is 0.346. The first-order valence-corrected chi connectivity index (χ1v) is 5.30. The van der Waals surface area contributed by atoms with E-state index in [1.165, 1.54) is 0 Å². The highest BCUT2D eigenvalue weighted by Crippen LogP contribution is 2.06. The SMILES string of the molecule is CC(C)CC(NCc1cnnn1C)C(=O)O. The van der Waals surface area contributed by atoms with E-state index < -0.39 is 12.0 Å². The monoisotopic (exact) mass is 226 g/mol. The Morgan fingerprint density at radius 1 is 1.62 bits per heavy atom. The van der Waals surface area contributed by atoms with Gasteiger partial charge in [0, 0.05) is 13.6 Å². The van der Waals surface area contributed by atoms with Gasteiger partial charge in [-0.3, -0.25) is 14.8 Å². The van der Waals surface area contributed by atoms with Gasteiger partial charge in [-0.1, -0.05) is 19.1 Å². The van der Waals surface area contributed by atoms with Crippen LogP contribution in [-0.2, 0) is 18.4 Å². The van der Waals surface area contributed by atoms with Crippen molar-refractivity contribution in [3.63, 3.8) is 0 Å². The van der Waals surface area contributed by atoms with Crippen LogP contribution in [0.15, 0.2) is 6.20 Å². The van der Waals surface area contributed by atoms with Gasteiger partial charge in [0.1, 0.15) is 6.04 Å². The molecule has 0 fully saturated rings. The van der Waals surface area contributed by atoms with Gasteiger partial charge in [-0.25, -0.2) is 0 Å². The van der Waals surface area contributed by atoms with Gasteiger partial charge >= 0.3 is 5.97 Å². The van der Waals surface area contributed by atoms with Gasteiger partial charge in [0.05, 0.1) is 11.9 Å². The van der Waals surface area contributed by atoms with E-state index >= 15 is 0 Å². The van der Waals surface area contributed by atoms with E-state index in [0.717, 1.165) is 5.69 Å². The summed E-state index contributed by atoms with van der Waals surface area (Å²) >= 11 is 0. The quantitative estimate of drug-likeness (QED) is 0.734. The van der Waals surface area contributed by atoms with Crippen LogP contribution in [0.5, 0.6) is 0 Å². The summed E-state index contributed by atoms with van der Waals surface area (Å²) in [6.07, 6.45) is 2.24. The van der Waals surface area contributed by atoms with E-state index in [1.807, 2.05) is 13.8 Å². The van der Waals surface area contributed by atoms with Crippen molar-refractivity contribution in [2.24, 2.45) is 13.0 Å². The molecule has 0 spiro atoms. The number of rotatable bonds is 6. The molecule has 1 unspecified atom stereocenters. The molecule has 6 heteroatoms. The first-order chi connectivity index (χ1) is 7.50. The summed E-state index contributed by atoms with van der Waals surface area (Å²) < 4.78 is 1.63. The third kappa shape index (κ3) is 3.62. The largest absolute Gasteiger partial charge is 0.480 e. The highest BCUT2D eigenvalue weighted by Gasteiger charge is 2.18. The standard InChI is InChI=1S/C10H18N4O2/c1-7(2)4-9(10(15)16)11-5-8-6-12-13-14(8)3/h6-7,9,11H,4-5H2,1-3H3,(H,15,16). The lowest BCUT2D eigenvalue weighted by Gasteiger charge is -2.16. The molecular formula is C10H18N4O2.